The summed E-state index contributed by atoms with van der Waals surface area (Å²) in [5, 5.41) is 2.13. The van der Waals surface area contributed by atoms with E-state index < -0.39 is 0 Å². The maximum Gasteiger partial charge on any atom is 0.167 e. The fourth-order valence-electron chi connectivity index (χ4n) is 7.86. The molecule has 10 rings (SSSR count). The first-order valence-electron chi connectivity index (χ1n) is 17.7. The molecule has 2 aromatic heterocycles. The van der Waals surface area contributed by atoms with E-state index >= 15 is 0 Å². The largest absolute Gasteiger partial charge is 0.455 e. The Labute approximate surface area is 302 Å². The smallest absolute Gasteiger partial charge is 0.167 e. The summed E-state index contributed by atoms with van der Waals surface area (Å²) in [4.78, 5) is 15.5. The van der Waals surface area contributed by atoms with E-state index in [1.54, 1.807) is 0 Å². The van der Waals surface area contributed by atoms with Gasteiger partial charge in [-0.1, -0.05) is 147 Å². The second kappa shape index (κ2) is 11.7. The predicted molar refractivity (Wildman–Crippen MR) is 212 cm³/mol. The van der Waals surface area contributed by atoms with Crippen LogP contribution in [-0.4, -0.2) is 15.0 Å². The Bertz CT molecular complexity index is 2720. The molecular weight excluding hydrogens is 635 g/mol. The topological polar surface area (TPSA) is 51.8 Å². The summed E-state index contributed by atoms with van der Waals surface area (Å²) >= 11 is 0. The van der Waals surface area contributed by atoms with Gasteiger partial charge in [-0.15, -0.1) is 0 Å². The van der Waals surface area contributed by atoms with Gasteiger partial charge in [0.15, 0.2) is 17.5 Å². The van der Waals surface area contributed by atoms with Crippen LogP contribution in [0.2, 0.25) is 0 Å². The highest BCUT2D eigenvalue weighted by molar-refractivity contribution is 6.11. The predicted octanol–water partition coefficient (Wildman–Crippen LogP) is 12.4. The zero-order chi connectivity index (χ0) is 34.8. The Morgan fingerprint density at radius 2 is 0.904 bits per heavy atom. The van der Waals surface area contributed by atoms with Crippen LogP contribution < -0.4 is 0 Å². The minimum atomic E-state index is -0.123. The molecule has 1 aliphatic rings. The van der Waals surface area contributed by atoms with E-state index in [4.69, 9.17) is 19.4 Å². The number of hydrogen-bond acceptors (Lipinski definition) is 4. The lowest BCUT2D eigenvalue weighted by Gasteiger charge is -2.21. The number of rotatable bonds is 5. The van der Waals surface area contributed by atoms with Gasteiger partial charge in [-0.2, -0.15) is 0 Å². The van der Waals surface area contributed by atoms with E-state index in [1.807, 2.05) is 12.1 Å². The number of hydrogen-bond donors (Lipinski definition) is 0. The highest BCUT2D eigenvalue weighted by atomic mass is 16.3. The van der Waals surface area contributed by atoms with Gasteiger partial charge < -0.3 is 4.42 Å². The SMILES string of the molecule is CC1(C)c2ccccc2-c2cc3c(cc21)oc1c(-c2nc(-c4cccc(-c5ccccc5)c4)nc(-c4cccc(-c5ccccc5)c4)n2)cccc13. The number of fused-ring (bicyclic) bond motifs is 6. The van der Waals surface area contributed by atoms with E-state index in [2.05, 4.69) is 166 Å². The molecule has 0 aliphatic heterocycles. The molecule has 0 saturated heterocycles. The molecule has 4 nitrogen and oxygen atoms in total. The molecule has 7 aromatic carbocycles. The van der Waals surface area contributed by atoms with Gasteiger partial charge in [-0.05, 0) is 74.8 Å². The molecule has 52 heavy (non-hydrogen) atoms. The van der Waals surface area contributed by atoms with Crippen LogP contribution in [0.1, 0.15) is 25.0 Å². The van der Waals surface area contributed by atoms with Crippen LogP contribution in [-0.2, 0) is 5.41 Å². The van der Waals surface area contributed by atoms with Crippen molar-refractivity contribution < 1.29 is 4.42 Å². The second-order valence-electron chi connectivity index (χ2n) is 14.0. The van der Waals surface area contributed by atoms with Crippen LogP contribution in [0.5, 0.6) is 0 Å². The molecule has 0 fully saturated rings. The van der Waals surface area contributed by atoms with Crippen LogP contribution in [0.15, 0.2) is 168 Å². The first-order valence-corrected chi connectivity index (χ1v) is 17.7. The highest BCUT2D eigenvalue weighted by Gasteiger charge is 2.36. The Kier molecular flexibility index (Phi) is 6.80. The summed E-state index contributed by atoms with van der Waals surface area (Å²) in [6.45, 7) is 4.59. The molecule has 9 aromatic rings. The van der Waals surface area contributed by atoms with Gasteiger partial charge in [0.1, 0.15) is 11.2 Å². The van der Waals surface area contributed by atoms with Crippen molar-refractivity contribution in [3.8, 4) is 67.5 Å². The van der Waals surface area contributed by atoms with Gasteiger partial charge in [0.25, 0.3) is 0 Å². The zero-order valence-corrected chi connectivity index (χ0v) is 28.8. The minimum absolute atomic E-state index is 0.123. The molecule has 0 saturated carbocycles. The van der Waals surface area contributed by atoms with Gasteiger partial charge in [0.2, 0.25) is 0 Å². The van der Waals surface area contributed by atoms with Crippen molar-refractivity contribution in [3.63, 3.8) is 0 Å². The Morgan fingerprint density at radius 1 is 0.385 bits per heavy atom. The maximum atomic E-state index is 6.80. The van der Waals surface area contributed by atoms with Crippen molar-refractivity contribution in [3.05, 3.63) is 175 Å². The minimum Gasteiger partial charge on any atom is -0.455 e. The fraction of sp³-hybridized carbons (Fsp3) is 0.0625. The lowest BCUT2D eigenvalue weighted by Crippen LogP contribution is -2.14. The van der Waals surface area contributed by atoms with E-state index in [0.717, 1.165) is 60.9 Å². The molecule has 0 unspecified atom stereocenters. The summed E-state index contributed by atoms with van der Waals surface area (Å²) in [6, 6.07) is 57.2. The van der Waals surface area contributed by atoms with Crippen LogP contribution in [0, 0.1) is 0 Å². The Balaban J connectivity index is 1.18. The molecule has 0 amide bonds. The Morgan fingerprint density at radius 3 is 1.56 bits per heavy atom. The highest BCUT2D eigenvalue weighted by Crippen LogP contribution is 2.51. The van der Waals surface area contributed by atoms with Gasteiger partial charge in [0.05, 0.1) is 5.56 Å². The van der Waals surface area contributed by atoms with E-state index in [9.17, 15) is 0 Å². The Hall–Kier alpha value is -6.65. The van der Waals surface area contributed by atoms with Gasteiger partial charge in [-0.25, -0.2) is 15.0 Å². The first kappa shape index (κ1) is 30.2. The zero-order valence-electron chi connectivity index (χ0n) is 28.8. The van der Waals surface area contributed by atoms with Crippen molar-refractivity contribution >= 4 is 21.9 Å². The molecule has 0 N–H and O–H groups in total. The van der Waals surface area contributed by atoms with Crippen molar-refractivity contribution in [2.75, 3.05) is 0 Å². The number of para-hydroxylation sites is 1. The van der Waals surface area contributed by atoms with Gasteiger partial charge in [-0.3, -0.25) is 0 Å². The molecule has 0 spiro atoms. The van der Waals surface area contributed by atoms with Crippen LogP contribution in [0.3, 0.4) is 0 Å². The summed E-state index contributed by atoms with van der Waals surface area (Å²) < 4.78 is 6.80. The molecule has 1 aliphatic carbocycles. The third-order valence-corrected chi connectivity index (χ3v) is 10.5. The monoisotopic (exact) mass is 667 g/mol. The number of benzene rings is 7. The van der Waals surface area contributed by atoms with Crippen molar-refractivity contribution in [1.29, 1.82) is 0 Å². The molecule has 0 bridgehead atoms. The lowest BCUT2D eigenvalue weighted by molar-refractivity contribution is 0.647. The van der Waals surface area contributed by atoms with E-state index in [-0.39, 0.29) is 5.41 Å². The average Bonchev–Trinajstić information content (AvgIpc) is 3.69. The summed E-state index contributed by atoms with van der Waals surface area (Å²) in [5.41, 5.74) is 13.8. The lowest BCUT2D eigenvalue weighted by atomic mass is 9.82. The quantitative estimate of drug-likeness (QED) is 0.183. The average molecular weight is 668 g/mol. The van der Waals surface area contributed by atoms with Crippen molar-refractivity contribution in [2.24, 2.45) is 0 Å². The maximum absolute atomic E-state index is 6.80. The van der Waals surface area contributed by atoms with Crippen LogP contribution in [0.4, 0.5) is 0 Å². The van der Waals surface area contributed by atoms with Gasteiger partial charge in [0, 0.05) is 27.3 Å². The number of aromatic nitrogens is 3. The van der Waals surface area contributed by atoms with Crippen LogP contribution in [0.25, 0.3) is 89.5 Å². The molecule has 0 radical (unpaired) electrons. The van der Waals surface area contributed by atoms with Gasteiger partial charge >= 0.3 is 0 Å². The normalized spacial score (nSPS) is 13.0. The molecule has 4 heteroatoms. The molecule has 246 valence electrons. The van der Waals surface area contributed by atoms with Crippen molar-refractivity contribution in [1.82, 2.24) is 15.0 Å². The van der Waals surface area contributed by atoms with Crippen molar-refractivity contribution in [2.45, 2.75) is 19.3 Å². The van der Waals surface area contributed by atoms with E-state index in [0.29, 0.717) is 17.5 Å². The molecule has 2 heterocycles. The fourth-order valence-corrected chi connectivity index (χ4v) is 7.86. The first-order chi connectivity index (χ1) is 25.5. The third kappa shape index (κ3) is 4.87. The second-order valence-corrected chi connectivity index (χ2v) is 14.0. The number of nitrogens with zero attached hydrogens (tertiary/aromatic N) is 3. The molecule has 0 atom stereocenters. The molecular formula is C48H33N3O. The summed E-state index contributed by atoms with van der Waals surface area (Å²) in [7, 11) is 0. The van der Waals surface area contributed by atoms with E-state index in [1.165, 1.54) is 22.3 Å². The standard InChI is InChI=1S/C48H33N3O/c1-48(2)41-25-10-9-22-36(41)39-28-40-37-23-13-24-38(44(37)52-43(40)29-42(39)48)47-50-45(34-20-11-18-32(26-34)30-14-5-3-6-15-30)49-46(51-47)35-21-12-19-33(27-35)31-16-7-4-8-17-31/h3-29H,1-2H3. The van der Waals surface area contributed by atoms with Crippen LogP contribution >= 0.6 is 0 Å². The summed E-state index contributed by atoms with van der Waals surface area (Å²) in [6.07, 6.45) is 0. The summed E-state index contributed by atoms with van der Waals surface area (Å²) in [5.74, 6) is 1.78. The third-order valence-electron chi connectivity index (χ3n) is 10.5. The number of furan rings is 1.